The average molecular weight is 399 g/mol. The van der Waals surface area contributed by atoms with Crippen molar-refractivity contribution in [1.29, 1.82) is 0 Å². The number of piperidine rings is 1. The standard InChI is InChI=1S/C17H25N3O6S/c1-12(2)10-15(17(21)22)18-14-7-6-13(11-16(14)20(23)24)27(25,26)19-8-4-3-5-9-19/h6-7,11-12,15,18H,3-5,8-10H2,1-2H3,(H,21,22). The van der Waals surface area contributed by atoms with Crippen LogP contribution in [0.15, 0.2) is 23.1 Å². The first-order chi connectivity index (χ1) is 12.6. The van der Waals surface area contributed by atoms with Crippen LogP contribution < -0.4 is 5.32 Å². The van der Waals surface area contributed by atoms with Gasteiger partial charge < -0.3 is 10.4 Å². The summed E-state index contributed by atoms with van der Waals surface area (Å²) >= 11 is 0. The van der Waals surface area contributed by atoms with Crippen molar-refractivity contribution in [3.63, 3.8) is 0 Å². The van der Waals surface area contributed by atoms with E-state index in [-0.39, 0.29) is 22.9 Å². The normalized spacial score (nSPS) is 16.9. The monoisotopic (exact) mass is 399 g/mol. The molecule has 1 saturated heterocycles. The second-order valence-corrected chi connectivity index (χ2v) is 9.00. The highest BCUT2D eigenvalue weighted by atomic mass is 32.2. The number of hydrogen-bond acceptors (Lipinski definition) is 6. The first-order valence-corrected chi connectivity index (χ1v) is 10.3. The fourth-order valence-corrected chi connectivity index (χ4v) is 4.62. The molecule has 9 nitrogen and oxygen atoms in total. The maximum absolute atomic E-state index is 12.7. The zero-order chi connectivity index (χ0) is 20.2. The second-order valence-electron chi connectivity index (χ2n) is 7.07. The van der Waals surface area contributed by atoms with Crippen LogP contribution in [0.2, 0.25) is 0 Å². The molecule has 1 aromatic carbocycles. The summed E-state index contributed by atoms with van der Waals surface area (Å²) in [7, 11) is -3.81. The maximum atomic E-state index is 12.7. The third-order valence-corrected chi connectivity index (χ3v) is 6.35. The van der Waals surface area contributed by atoms with Crippen LogP contribution in [0.4, 0.5) is 11.4 Å². The molecule has 1 heterocycles. The van der Waals surface area contributed by atoms with Crippen molar-refractivity contribution in [3.8, 4) is 0 Å². The van der Waals surface area contributed by atoms with E-state index in [1.165, 1.54) is 16.4 Å². The number of aliphatic carboxylic acids is 1. The summed E-state index contributed by atoms with van der Waals surface area (Å²) < 4.78 is 26.8. The van der Waals surface area contributed by atoms with Gasteiger partial charge in [-0.15, -0.1) is 0 Å². The Kier molecular flexibility index (Phi) is 6.77. The van der Waals surface area contributed by atoms with Gasteiger partial charge in [0.2, 0.25) is 10.0 Å². The Bertz CT molecular complexity index is 803. The third kappa shape index (κ3) is 5.16. The molecule has 0 amide bonds. The van der Waals surface area contributed by atoms with Gasteiger partial charge in [0.05, 0.1) is 9.82 Å². The molecule has 1 aliphatic heterocycles. The predicted octanol–water partition coefficient (Wildman–Crippen LogP) is 2.68. The van der Waals surface area contributed by atoms with E-state index in [9.17, 15) is 28.4 Å². The van der Waals surface area contributed by atoms with Gasteiger partial charge in [-0.2, -0.15) is 4.31 Å². The summed E-state index contributed by atoms with van der Waals surface area (Å²) in [5.74, 6) is -1.06. The Morgan fingerprint density at radius 2 is 1.93 bits per heavy atom. The van der Waals surface area contributed by atoms with Crippen LogP contribution in [-0.4, -0.2) is 47.9 Å². The quantitative estimate of drug-likeness (QED) is 0.507. The molecule has 0 radical (unpaired) electrons. The van der Waals surface area contributed by atoms with E-state index >= 15 is 0 Å². The zero-order valence-corrected chi connectivity index (χ0v) is 16.2. The van der Waals surface area contributed by atoms with Gasteiger partial charge in [-0.1, -0.05) is 20.3 Å². The Balaban J connectivity index is 2.36. The lowest BCUT2D eigenvalue weighted by Crippen LogP contribution is -2.35. The molecular formula is C17H25N3O6S. The fourth-order valence-electron chi connectivity index (χ4n) is 3.08. The highest BCUT2D eigenvalue weighted by Gasteiger charge is 2.29. The topological polar surface area (TPSA) is 130 Å². The van der Waals surface area contributed by atoms with Crippen molar-refractivity contribution in [3.05, 3.63) is 28.3 Å². The summed E-state index contributed by atoms with van der Waals surface area (Å²) in [5, 5.41) is 23.5. The lowest BCUT2D eigenvalue weighted by Gasteiger charge is -2.26. The molecule has 0 bridgehead atoms. The van der Waals surface area contributed by atoms with Crippen LogP contribution in [0.1, 0.15) is 39.5 Å². The van der Waals surface area contributed by atoms with Crippen molar-refractivity contribution in [2.75, 3.05) is 18.4 Å². The lowest BCUT2D eigenvalue weighted by molar-refractivity contribution is -0.384. The molecule has 1 unspecified atom stereocenters. The number of carboxylic acid groups (broad SMARTS) is 1. The van der Waals surface area contributed by atoms with Crippen LogP contribution in [0.5, 0.6) is 0 Å². The minimum Gasteiger partial charge on any atom is -0.480 e. The number of carboxylic acids is 1. The molecular weight excluding hydrogens is 374 g/mol. The summed E-state index contributed by atoms with van der Waals surface area (Å²) in [4.78, 5) is 22.0. The molecule has 10 heteroatoms. The molecule has 2 rings (SSSR count). The first-order valence-electron chi connectivity index (χ1n) is 8.91. The molecule has 27 heavy (non-hydrogen) atoms. The summed E-state index contributed by atoms with van der Waals surface area (Å²) in [6.45, 7) is 4.48. The van der Waals surface area contributed by atoms with Gasteiger partial charge in [0.25, 0.3) is 5.69 Å². The molecule has 0 aromatic heterocycles. The van der Waals surface area contributed by atoms with E-state index in [2.05, 4.69) is 5.32 Å². The van der Waals surface area contributed by atoms with Gasteiger partial charge in [0, 0.05) is 19.2 Å². The highest BCUT2D eigenvalue weighted by molar-refractivity contribution is 7.89. The third-order valence-electron chi connectivity index (χ3n) is 4.45. The summed E-state index contributed by atoms with van der Waals surface area (Å²) in [5.41, 5.74) is -0.464. The van der Waals surface area contributed by atoms with E-state index in [4.69, 9.17) is 0 Å². The molecule has 0 saturated carbocycles. The largest absolute Gasteiger partial charge is 0.480 e. The molecule has 1 aromatic rings. The van der Waals surface area contributed by atoms with Gasteiger partial charge in [-0.05, 0) is 37.3 Å². The second kappa shape index (κ2) is 8.66. The molecule has 150 valence electrons. The molecule has 1 fully saturated rings. The van der Waals surface area contributed by atoms with Crippen LogP contribution >= 0.6 is 0 Å². The van der Waals surface area contributed by atoms with Crippen LogP contribution in [0, 0.1) is 16.0 Å². The lowest BCUT2D eigenvalue weighted by atomic mass is 10.0. The van der Waals surface area contributed by atoms with Crippen LogP contribution in [0.3, 0.4) is 0 Å². The molecule has 1 aliphatic rings. The van der Waals surface area contributed by atoms with Gasteiger partial charge in [0.1, 0.15) is 11.7 Å². The number of rotatable bonds is 8. The Morgan fingerprint density at radius 1 is 1.30 bits per heavy atom. The molecule has 1 atom stereocenters. The van der Waals surface area contributed by atoms with Crippen molar-refractivity contribution < 1.29 is 23.2 Å². The Hall–Kier alpha value is -2.20. The smallest absolute Gasteiger partial charge is 0.326 e. The minimum atomic E-state index is -3.81. The van der Waals surface area contributed by atoms with Crippen molar-refractivity contribution in [2.24, 2.45) is 5.92 Å². The van der Waals surface area contributed by atoms with E-state index < -0.39 is 32.6 Å². The van der Waals surface area contributed by atoms with Gasteiger partial charge in [-0.3, -0.25) is 10.1 Å². The number of nitro groups is 1. The van der Waals surface area contributed by atoms with E-state index in [0.717, 1.165) is 25.3 Å². The van der Waals surface area contributed by atoms with Crippen molar-refractivity contribution in [1.82, 2.24) is 4.31 Å². The van der Waals surface area contributed by atoms with Gasteiger partial charge in [-0.25, -0.2) is 13.2 Å². The SMILES string of the molecule is CC(C)CC(Nc1ccc(S(=O)(=O)N2CCCCC2)cc1[N+](=O)[O-])C(=O)O. The van der Waals surface area contributed by atoms with Crippen molar-refractivity contribution in [2.45, 2.75) is 50.5 Å². The zero-order valence-electron chi connectivity index (χ0n) is 15.4. The minimum absolute atomic E-state index is 0.00866. The summed E-state index contributed by atoms with van der Waals surface area (Å²) in [6.07, 6.45) is 2.76. The highest BCUT2D eigenvalue weighted by Crippen LogP contribution is 2.31. The number of nitrogens with one attached hydrogen (secondary N) is 1. The van der Waals surface area contributed by atoms with E-state index in [1.807, 2.05) is 13.8 Å². The first kappa shape index (κ1) is 21.1. The molecule has 2 N–H and O–H groups in total. The molecule has 0 spiro atoms. The number of nitro benzene ring substituents is 1. The number of benzene rings is 1. The van der Waals surface area contributed by atoms with Gasteiger partial charge >= 0.3 is 5.97 Å². The number of hydrogen-bond donors (Lipinski definition) is 2. The predicted molar refractivity (Wildman–Crippen MR) is 100 cm³/mol. The van der Waals surface area contributed by atoms with E-state index in [1.54, 1.807) is 0 Å². The maximum Gasteiger partial charge on any atom is 0.326 e. The molecule has 0 aliphatic carbocycles. The van der Waals surface area contributed by atoms with Crippen molar-refractivity contribution >= 4 is 27.4 Å². The number of sulfonamides is 1. The van der Waals surface area contributed by atoms with Crippen LogP contribution in [0.25, 0.3) is 0 Å². The van der Waals surface area contributed by atoms with Gasteiger partial charge in [0.15, 0.2) is 0 Å². The average Bonchev–Trinajstić information content (AvgIpc) is 2.61. The Labute approximate surface area is 158 Å². The number of nitrogens with zero attached hydrogens (tertiary/aromatic N) is 2. The number of anilines is 1. The number of carbonyl (C=O) groups is 1. The Morgan fingerprint density at radius 3 is 2.44 bits per heavy atom. The van der Waals surface area contributed by atoms with Crippen LogP contribution in [-0.2, 0) is 14.8 Å². The fraction of sp³-hybridized carbons (Fsp3) is 0.588. The van der Waals surface area contributed by atoms with E-state index in [0.29, 0.717) is 13.1 Å². The summed E-state index contributed by atoms with van der Waals surface area (Å²) in [6, 6.07) is 2.55.